The Balaban J connectivity index is 2.67. The average molecular weight is 235 g/mol. The number of nitrogens with one attached hydrogen (secondary N) is 1. The van der Waals surface area contributed by atoms with Crippen LogP contribution >= 0.6 is 0 Å². The molecule has 1 amide bonds. The van der Waals surface area contributed by atoms with E-state index in [-0.39, 0.29) is 12.3 Å². The highest BCUT2D eigenvalue weighted by atomic mass is 16.6. The molecule has 1 saturated heterocycles. The second-order valence-corrected chi connectivity index (χ2v) is 3.67. The Morgan fingerprint density at radius 2 is 1.88 bits per heavy atom. The molecule has 0 saturated carbocycles. The van der Waals surface area contributed by atoms with Gasteiger partial charge in [0.25, 0.3) is 0 Å². The summed E-state index contributed by atoms with van der Waals surface area (Å²) in [4.78, 5) is 11.1. The summed E-state index contributed by atoms with van der Waals surface area (Å²) in [5.74, 6) is -0.357. The van der Waals surface area contributed by atoms with E-state index in [9.17, 15) is 20.1 Å². The molecule has 0 radical (unpaired) electrons. The van der Waals surface area contributed by atoms with Gasteiger partial charge in [-0.1, -0.05) is 6.92 Å². The molecular weight excluding hydrogens is 218 g/mol. The van der Waals surface area contributed by atoms with Crippen LogP contribution in [-0.2, 0) is 9.53 Å². The van der Waals surface area contributed by atoms with E-state index < -0.39 is 37.3 Å². The fourth-order valence-corrected chi connectivity index (χ4v) is 1.48. The van der Waals surface area contributed by atoms with Crippen LogP contribution in [0.5, 0.6) is 0 Å². The van der Waals surface area contributed by atoms with Gasteiger partial charge >= 0.3 is 0 Å². The normalized spacial score (nSPS) is 39.4. The van der Waals surface area contributed by atoms with Gasteiger partial charge in [0.15, 0.2) is 6.23 Å². The molecular formula is C9H17NO6. The largest absolute Gasteiger partial charge is 0.394 e. The number of aliphatic hydroxyl groups is 4. The molecule has 0 spiro atoms. The van der Waals surface area contributed by atoms with Crippen LogP contribution in [0.3, 0.4) is 0 Å². The lowest BCUT2D eigenvalue weighted by molar-refractivity contribution is -0.235. The Morgan fingerprint density at radius 3 is 2.38 bits per heavy atom. The maximum Gasteiger partial charge on any atom is 0.221 e. The van der Waals surface area contributed by atoms with Gasteiger partial charge in [-0.15, -0.1) is 0 Å². The lowest BCUT2D eigenvalue weighted by Crippen LogP contribution is -2.63. The third-order valence-electron chi connectivity index (χ3n) is 2.52. The molecule has 1 unspecified atom stereocenters. The van der Waals surface area contributed by atoms with Crippen molar-refractivity contribution in [1.29, 1.82) is 0 Å². The molecule has 16 heavy (non-hydrogen) atoms. The number of hydrogen-bond donors (Lipinski definition) is 5. The third kappa shape index (κ3) is 2.69. The molecule has 0 aromatic carbocycles. The minimum Gasteiger partial charge on any atom is -0.394 e. The Bertz CT molecular complexity index is 246. The predicted octanol–water partition coefficient (Wildman–Crippen LogP) is -2.69. The molecule has 5 N–H and O–H groups in total. The number of hydrogen-bond acceptors (Lipinski definition) is 6. The smallest absolute Gasteiger partial charge is 0.221 e. The summed E-state index contributed by atoms with van der Waals surface area (Å²) in [5.41, 5.74) is 0. The average Bonchev–Trinajstić information content (AvgIpc) is 2.29. The summed E-state index contributed by atoms with van der Waals surface area (Å²) >= 11 is 0. The summed E-state index contributed by atoms with van der Waals surface area (Å²) in [6.45, 7) is 1.11. The zero-order valence-corrected chi connectivity index (χ0v) is 8.91. The topological polar surface area (TPSA) is 119 Å². The first-order chi connectivity index (χ1) is 7.51. The van der Waals surface area contributed by atoms with Crippen molar-refractivity contribution in [2.75, 3.05) is 6.61 Å². The van der Waals surface area contributed by atoms with E-state index in [1.54, 1.807) is 6.92 Å². The van der Waals surface area contributed by atoms with Gasteiger partial charge in [-0.05, 0) is 0 Å². The quantitative estimate of drug-likeness (QED) is 0.363. The number of ether oxygens (including phenoxy) is 1. The fourth-order valence-electron chi connectivity index (χ4n) is 1.48. The number of carbonyl (C=O) groups excluding carboxylic acids is 1. The number of aliphatic hydroxyl groups excluding tert-OH is 4. The van der Waals surface area contributed by atoms with E-state index in [0.29, 0.717) is 0 Å². The van der Waals surface area contributed by atoms with Crippen LogP contribution in [0, 0.1) is 0 Å². The molecule has 1 rings (SSSR count). The van der Waals surface area contributed by atoms with E-state index >= 15 is 0 Å². The van der Waals surface area contributed by atoms with Crippen LogP contribution in [0.4, 0.5) is 0 Å². The molecule has 7 nitrogen and oxygen atoms in total. The first-order valence-electron chi connectivity index (χ1n) is 5.11. The Labute approximate surface area is 92.7 Å². The first-order valence-corrected chi connectivity index (χ1v) is 5.11. The lowest BCUT2D eigenvalue weighted by Gasteiger charge is -2.40. The Hall–Kier alpha value is -0.730. The van der Waals surface area contributed by atoms with E-state index in [1.807, 2.05) is 0 Å². The van der Waals surface area contributed by atoms with Gasteiger partial charge in [-0.2, -0.15) is 0 Å². The minimum atomic E-state index is -1.46. The van der Waals surface area contributed by atoms with Gasteiger partial charge in [0.1, 0.15) is 24.4 Å². The van der Waals surface area contributed by atoms with Crippen molar-refractivity contribution in [2.45, 2.75) is 44.0 Å². The van der Waals surface area contributed by atoms with Gasteiger partial charge in [-0.3, -0.25) is 4.79 Å². The SMILES string of the molecule is CCC(=O)NC1O[C@H](CO)[C@H](O)[C@@H](O)[C@@H]1O. The van der Waals surface area contributed by atoms with E-state index in [0.717, 1.165) is 0 Å². The maximum atomic E-state index is 11.1. The highest BCUT2D eigenvalue weighted by molar-refractivity contribution is 5.75. The van der Waals surface area contributed by atoms with Gasteiger partial charge in [-0.25, -0.2) is 0 Å². The number of amides is 1. The van der Waals surface area contributed by atoms with Crippen molar-refractivity contribution in [3.8, 4) is 0 Å². The van der Waals surface area contributed by atoms with Crippen LogP contribution < -0.4 is 5.32 Å². The van der Waals surface area contributed by atoms with Crippen LogP contribution in [0.15, 0.2) is 0 Å². The van der Waals surface area contributed by atoms with E-state index in [4.69, 9.17) is 9.84 Å². The summed E-state index contributed by atoms with van der Waals surface area (Å²) in [7, 11) is 0. The molecule has 0 aliphatic carbocycles. The highest BCUT2D eigenvalue weighted by Gasteiger charge is 2.43. The second kappa shape index (κ2) is 5.55. The third-order valence-corrected chi connectivity index (χ3v) is 2.52. The van der Waals surface area contributed by atoms with Crippen molar-refractivity contribution in [3.63, 3.8) is 0 Å². The molecule has 5 atom stereocenters. The van der Waals surface area contributed by atoms with E-state index in [1.165, 1.54) is 0 Å². The monoisotopic (exact) mass is 235 g/mol. The summed E-state index contributed by atoms with van der Waals surface area (Å²) < 4.78 is 5.06. The first kappa shape index (κ1) is 13.3. The molecule has 0 aromatic rings. The molecule has 1 fully saturated rings. The van der Waals surface area contributed by atoms with Crippen molar-refractivity contribution in [3.05, 3.63) is 0 Å². The lowest BCUT2D eigenvalue weighted by atomic mass is 9.98. The van der Waals surface area contributed by atoms with E-state index in [2.05, 4.69) is 5.32 Å². The van der Waals surface area contributed by atoms with Crippen LogP contribution in [0.25, 0.3) is 0 Å². The zero-order chi connectivity index (χ0) is 12.3. The van der Waals surface area contributed by atoms with Crippen LogP contribution in [0.2, 0.25) is 0 Å². The predicted molar refractivity (Wildman–Crippen MR) is 52.2 cm³/mol. The maximum absolute atomic E-state index is 11.1. The Kier molecular flexibility index (Phi) is 4.63. The summed E-state index contributed by atoms with van der Waals surface area (Å²) in [6, 6.07) is 0. The van der Waals surface area contributed by atoms with Gasteiger partial charge in [0.2, 0.25) is 5.91 Å². The van der Waals surface area contributed by atoms with Gasteiger partial charge in [0, 0.05) is 6.42 Å². The molecule has 94 valence electrons. The number of carbonyl (C=O) groups is 1. The highest BCUT2D eigenvalue weighted by Crippen LogP contribution is 2.19. The van der Waals surface area contributed by atoms with Crippen LogP contribution in [-0.4, -0.2) is 63.6 Å². The standard InChI is InChI=1S/C9H17NO6/c1-2-5(12)10-9-8(15)7(14)6(13)4(3-11)16-9/h4,6-9,11,13-15H,2-3H2,1H3,(H,10,12)/t4-,6+,7-,8+,9?/m1/s1. The van der Waals surface area contributed by atoms with Crippen LogP contribution in [0.1, 0.15) is 13.3 Å². The summed E-state index contributed by atoms with van der Waals surface area (Å²) in [5, 5.41) is 39.6. The van der Waals surface area contributed by atoms with Crippen molar-refractivity contribution in [1.82, 2.24) is 5.32 Å². The molecule has 1 aliphatic rings. The van der Waals surface area contributed by atoms with Crippen molar-refractivity contribution >= 4 is 5.91 Å². The molecule has 0 aromatic heterocycles. The van der Waals surface area contributed by atoms with Gasteiger partial charge in [0.05, 0.1) is 6.61 Å². The zero-order valence-electron chi connectivity index (χ0n) is 8.91. The molecule has 0 bridgehead atoms. The van der Waals surface area contributed by atoms with Crippen molar-refractivity contribution < 1.29 is 30.0 Å². The van der Waals surface area contributed by atoms with Gasteiger partial charge < -0.3 is 30.5 Å². The molecule has 1 heterocycles. The Morgan fingerprint density at radius 1 is 1.25 bits per heavy atom. The fraction of sp³-hybridized carbons (Fsp3) is 0.889. The molecule has 1 aliphatic heterocycles. The number of rotatable bonds is 3. The summed E-state index contributed by atoms with van der Waals surface area (Å²) in [6.07, 6.45) is -6.21. The second-order valence-electron chi connectivity index (χ2n) is 3.67. The molecule has 7 heteroatoms. The minimum absolute atomic E-state index is 0.203. The van der Waals surface area contributed by atoms with Crippen molar-refractivity contribution in [2.24, 2.45) is 0 Å².